The van der Waals surface area contributed by atoms with Crippen molar-refractivity contribution < 1.29 is 46.1 Å². The molecular formula is C27H32Cl2Zr. The van der Waals surface area contributed by atoms with Gasteiger partial charge in [0.15, 0.2) is 0 Å². The Kier molecular flexibility index (Phi) is 7.66. The van der Waals surface area contributed by atoms with Crippen molar-refractivity contribution in [2.45, 2.75) is 62.4 Å². The van der Waals surface area contributed by atoms with Gasteiger partial charge in [0.2, 0.25) is 0 Å². The molecule has 0 saturated heterocycles. The second-order valence-corrected chi connectivity index (χ2v) is 15.8. The van der Waals surface area contributed by atoms with Crippen molar-refractivity contribution in [3.05, 3.63) is 76.9 Å². The van der Waals surface area contributed by atoms with Gasteiger partial charge in [0.1, 0.15) is 0 Å². The second-order valence-electron chi connectivity index (χ2n) is 10.4. The third kappa shape index (κ3) is 4.55. The van der Waals surface area contributed by atoms with E-state index in [1.807, 2.05) is 0 Å². The monoisotopic (exact) mass is 516 g/mol. The van der Waals surface area contributed by atoms with E-state index in [0.29, 0.717) is 3.63 Å². The fourth-order valence-corrected chi connectivity index (χ4v) is 10.6. The van der Waals surface area contributed by atoms with Gasteiger partial charge in [0, 0.05) is 0 Å². The Labute approximate surface area is 202 Å². The van der Waals surface area contributed by atoms with Crippen LogP contribution >= 0.6 is 0 Å². The summed E-state index contributed by atoms with van der Waals surface area (Å²) in [6.07, 6.45) is 10.3. The molecule has 4 rings (SSSR count). The van der Waals surface area contributed by atoms with Crippen molar-refractivity contribution in [2.24, 2.45) is 0 Å². The number of allylic oxidation sites excluding steroid dienone is 4. The Morgan fingerprint density at radius 3 is 2.00 bits per heavy atom. The van der Waals surface area contributed by atoms with Crippen LogP contribution in [0.4, 0.5) is 0 Å². The van der Waals surface area contributed by atoms with E-state index in [1.54, 1.807) is 8.83 Å². The van der Waals surface area contributed by atoms with Crippen molar-refractivity contribution in [2.75, 3.05) is 0 Å². The van der Waals surface area contributed by atoms with E-state index in [0.717, 1.165) is 6.42 Å². The maximum Gasteiger partial charge on any atom is -1.00 e. The van der Waals surface area contributed by atoms with Crippen molar-refractivity contribution in [3.8, 4) is 11.1 Å². The largest absolute Gasteiger partial charge is 1.00 e. The number of rotatable bonds is 2. The molecule has 3 heteroatoms. The molecule has 0 amide bonds. The molecule has 0 nitrogen and oxygen atoms in total. The first-order valence-corrected chi connectivity index (χ1v) is 14.8. The molecule has 0 saturated carbocycles. The van der Waals surface area contributed by atoms with Crippen LogP contribution in [-0.4, -0.2) is 4.21 Å². The minimum absolute atomic E-state index is 0. The van der Waals surface area contributed by atoms with Crippen LogP contribution in [0.2, 0.25) is 3.63 Å². The zero-order valence-electron chi connectivity index (χ0n) is 18.9. The molecule has 0 bridgehead atoms. The normalized spacial score (nSPS) is 14.4. The molecule has 0 heterocycles. The molecule has 30 heavy (non-hydrogen) atoms. The van der Waals surface area contributed by atoms with Gasteiger partial charge in [-0.05, 0) is 0 Å². The van der Waals surface area contributed by atoms with Crippen LogP contribution in [-0.2, 0) is 38.5 Å². The second kappa shape index (κ2) is 9.01. The third-order valence-corrected chi connectivity index (χ3v) is 12.1. The number of benzene rings is 2. The van der Waals surface area contributed by atoms with E-state index < -0.39 is 21.3 Å². The third-order valence-electron chi connectivity index (χ3n) is 6.22. The molecule has 0 aromatic heterocycles. The molecule has 0 fully saturated rings. The van der Waals surface area contributed by atoms with Crippen LogP contribution in [0.5, 0.6) is 0 Å². The molecule has 2 aromatic rings. The summed E-state index contributed by atoms with van der Waals surface area (Å²) in [6, 6.07) is 12.0. The van der Waals surface area contributed by atoms with Crippen LogP contribution < -0.4 is 28.1 Å². The van der Waals surface area contributed by atoms with Crippen LogP contribution in [0.25, 0.3) is 11.1 Å². The average molecular weight is 519 g/mol. The Hall–Kier alpha value is -0.747. The molecule has 0 unspecified atom stereocenters. The Bertz CT molecular complexity index is 1020. The van der Waals surface area contributed by atoms with Crippen molar-refractivity contribution in [1.82, 2.24) is 0 Å². The molecule has 2 aliphatic carbocycles. The van der Waals surface area contributed by atoms with Crippen molar-refractivity contribution in [1.29, 1.82) is 0 Å². The number of fused-ring (bicyclic) bond motifs is 3. The maximum atomic E-state index is 4.86. The van der Waals surface area contributed by atoms with Gasteiger partial charge < -0.3 is 24.8 Å². The summed E-state index contributed by atoms with van der Waals surface area (Å²) >= 11 is -2.08. The predicted molar refractivity (Wildman–Crippen MR) is 121 cm³/mol. The van der Waals surface area contributed by atoms with Gasteiger partial charge in [-0.3, -0.25) is 0 Å². The smallest absolute Gasteiger partial charge is 1.00 e. The molecule has 0 radical (unpaired) electrons. The van der Waals surface area contributed by atoms with Gasteiger partial charge >= 0.3 is 179 Å². The molecule has 0 aliphatic heterocycles. The average Bonchev–Trinajstić information content (AvgIpc) is 3.25. The van der Waals surface area contributed by atoms with Crippen LogP contribution in [0.15, 0.2) is 54.6 Å². The van der Waals surface area contributed by atoms with Gasteiger partial charge in [0.05, 0.1) is 0 Å². The molecule has 2 aromatic carbocycles. The zero-order chi connectivity index (χ0) is 20.3. The first-order valence-electron chi connectivity index (χ1n) is 10.4. The fraction of sp³-hybridized carbons (Fsp3) is 0.370. The van der Waals surface area contributed by atoms with E-state index in [2.05, 4.69) is 96.2 Å². The van der Waals surface area contributed by atoms with Gasteiger partial charge in [0.25, 0.3) is 0 Å². The number of hydrogen-bond donors (Lipinski definition) is 0. The van der Waals surface area contributed by atoms with E-state index in [1.165, 1.54) is 27.8 Å². The molecule has 158 valence electrons. The van der Waals surface area contributed by atoms with Crippen molar-refractivity contribution in [3.63, 3.8) is 0 Å². The summed E-state index contributed by atoms with van der Waals surface area (Å²) < 4.78 is 7.11. The van der Waals surface area contributed by atoms with E-state index >= 15 is 0 Å². The first-order chi connectivity index (χ1) is 13.1. The molecule has 0 atom stereocenters. The SMILES string of the molecule is [CH2]=[Zr+2]([c]1c(C(C)(C)C)ccc2c1Cc1cc(C(C)(C)C)ccc1-2)[CH]1C=CC=C1.[Cl-].[Cl-]. The Balaban J connectivity index is 0.00000160. The minimum atomic E-state index is -2.08. The van der Waals surface area contributed by atoms with Crippen LogP contribution in [0.1, 0.15) is 63.8 Å². The Morgan fingerprint density at radius 2 is 1.43 bits per heavy atom. The van der Waals surface area contributed by atoms with E-state index in [9.17, 15) is 0 Å². The van der Waals surface area contributed by atoms with E-state index in [4.69, 9.17) is 4.21 Å². The summed E-state index contributed by atoms with van der Waals surface area (Å²) in [6.45, 7) is 14.0. The molecule has 0 N–H and O–H groups in total. The summed E-state index contributed by atoms with van der Waals surface area (Å²) in [5, 5.41) is 0. The van der Waals surface area contributed by atoms with Crippen molar-refractivity contribution >= 4 is 7.48 Å². The maximum absolute atomic E-state index is 4.86. The van der Waals surface area contributed by atoms with Gasteiger partial charge in [-0.1, -0.05) is 0 Å². The minimum Gasteiger partial charge on any atom is -1.00 e. The fourth-order valence-electron chi connectivity index (χ4n) is 4.57. The zero-order valence-corrected chi connectivity index (χ0v) is 22.9. The summed E-state index contributed by atoms with van der Waals surface area (Å²) in [7, 11) is 0. The molecule has 2 aliphatic rings. The summed E-state index contributed by atoms with van der Waals surface area (Å²) in [5.74, 6) is 0. The molecule has 0 spiro atoms. The quantitative estimate of drug-likeness (QED) is 0.463. The van der Waals surface area contributed by atoms with E-state index in [-0.39, 0.29) is 35.6 Å². The number of halogens is 2. The summed E-state index contributed by atoms with van der Waals surface area (Å²) in [5.41, 5.74) is 9.32. The number of hydrogen-bond acceptors (Lipinski definition) is 0. The summed E-state index contributed by atoms with van der Waals surface area (Å²) in [4.78, 5) is 0. The first kappa shape index (κ1) is 25.5. The molecular weight excluding hydrogens is 486 g/mol. The Morgan fingerprint density at radius 1 is 0.833 bits per heavy atom. The standard InChI is InChI=1S/C21H25.C5H5.CH2.2ClH.Zr/c1-20(2,3)16-7-9-18-14(12-16)11-15-13-17(21(4,5)6)8-10-19(15)18;1-2-4-5-3-1;;;;/h7-10,12H,11H2,1-6H3;1-5H;1H2;2*1H;/q;;;;;+2/p-2. The predicted octanol–water partition coefficient (Wildman–Crippen LogP) is 0.451. The van der Waals surface area contributed by atoms with Crippen LogP contribution in [0.3, 0.4) is 0 Å². The topological polar surface area (TPSA) is 0 Å². The van der Waals surface area contributed by atoms with Gasteiger partial charge in [-0.2, -0.15) is 0 Å². The van der Waals surface area contributed by atoms with Gasteiger partial charge in [-0.25, -0.2) is 0 Å². The van der Waals surface area contributed by atoms with Crippen LogP contribution in [0, 0.1) is 0 Å². The van der Waals surface area contributed by atoms with Gasteiger partial charge in [-0.15, -0.1) is 0 Å².